The molecule has 4 rings (SSSR count). The summed E-state index contributed by atoms with van der Waals surface area (Å²) in [7, 11) is 1.62. The van der Waals surface area contributed by atoms with Crippen molar-refractivity contribution in [3.8, 4) is 39.6 Å². The van der Waals surface area contributed by atoms with Crippen molar-refractivity contribution in [1.82, 2.24) is 4.98 Å². The second kappa shape index (κ2) is 8.59. The van der Waals surface area contributed by atoms with Crippen molar-refractivity contribution in [1.29, 1.82) is 5.41 Å². The van der Waals surface area contributed by atoms with Crippen molar-refractivity contribution in [2.75, 3.05) is 12.8 Å². The summed E-state index contributed by atoms with van der Waals surface area (Å²) in [6.07, 6.45) is 0. The first kappa shape index (κ1) is 20.0. The van der Waals surface area contributed by atoms with Crippen molar-refractivity contribution < 1.29 is 9.47 Å². The molecule has 6 nitrogen and oxygen atoms in total. The minimum absolute atomic E-state index is 0.137. The van der Waals surface area contributed by atoms with Gasteiger partial charge in [-0.3, -0.25) is 5.41 Å². The number of ether oxygens (including phenoxy) is 2. The van der Waals surface area contributed by atoms with Crippen molar-refractivity contribution in [2.45, 2.75) is 0 Å². The molecule has 3 aromatic carbocycles. The highest BCUT2D eigenvalue weighted by Gasteiger charge is 2.16. The Labute approximate surface area is 180 Å². The molecule has 0 radical (unpaired) electrons. The summed E-state index contributed by atoms with van der Waals surface area (Å²) in [5.74, 6) is 2.24. The van der Waals surface area contributed by atoms with Crippen molar-refractivity contribution in [2.24, 2.45) is 5.73 Å². The van der Waals surface area contributed by atoms with E-state index in [1.807, 2.05) is 84.9 Å². The third-order valence-corrected chi connectivity index (χ3v) is 4.83. The Balaban J connectivity index is 1.75. The molecule has 0 saturated heterocycles. The third kappa shape index (κ3) is 4.33. The number of methoxy groups -OCH3 is 1. The van der Waals surface area contributed by atoms with E-state index in [0.717, 1.165) is 28.2 Å². The molecular weight excluding hydrogens is 388 g/mol. The molecular formula is C25H22N4O2. The second-order valence-electron chi connectivity index (χ2n) is 6.90. The standard InChI is InChI=1S/C25H22N4O2/c1-30-20-9-5-6-17(14-20)22-15-21(23(24(26)27)25(28)29-22)16-10-12-19(13-11-16)31-18-7-3-2-4-8-18/h2-15H,1H3,(H3,26,27)(H2,28,29). The second-order valence-corrected chi connectivity index (χ2v) is 6.90. The minimum Gasteiger partial charge on any atom is -0.497 e. The average Bonchev–Trinajstić information content (AvgIpc) is 2.79. The molecule has 0 bridgehead atoms. The van der Waals surface area contributed by atoms with E-state index in [9.17, 15) is 0 Å². The average molecular weight is 410 g/mol. The zero-order valence-corrected chi connectivity index (χ0v) is 17.0. The predicted molar refractivity (Wildman–Crippen MR) is 124 cm³/mol. The van der Waals surface area contributed by atoms with Gasteiger partial charge in [0.15, 0.2) is 0 Å². The van der Waals surface area contributed by atoms with Crippen LogP contribution < -0.4 is 20.9 Å². The first-order valence-electron chi connectivity index (χ1n) is 9.68. The van der Waals surface area contributed by atoms with Gasteiger partial charge in [-0.1, -0.05) is 42.5 Å². The van der Waals surface area contributed by atoms with Crippen molar-refractivity contribution in [3.05, 3.63) is 90.5 Å². The number of para-hydroxylation sites is 1. The summed E-state index contributed by atoms with van der Waals surface area (Å²) in [6.45, 7) is 0. The number of pyridine rings is 1. The Kier molecular flexibility index (Phi) is 5.53. The summed E-state index contributed by atoms with van der Waals surface area (Å²) < 4.78 is 11.2. The van der Waals surface area contributed by atoms with Gasteiger partial charge in [-0.2, -0.15) is 0 Å². The molecule has 1 aromatic heterocycles. The highest BCUT2D eigenvalue weighted by Crippen LogP contribution is 2.33. The normalized spacial score (nSPS) is 10.5. The van der Waals surface area contributed by atoms with Crippen LogP contribution in [0.1, 0.15) is 5.56 Å². The number of nitrogens with one attached hydrogen (secondary N) is 1. The van der Waals surface area contributed by atoms with Crippen LogP contribution in [0.4, 0.5) is 5.82 Å². The largest absolute Gasteiger partial charge is 0.497 e. The van der Waals surface area contributed by atoms with Gasteiger partial charge < -0.3 is 20.9 Å². The minimum atomic E-state index is -0.137. The van der Waals surface area contributed by atoms with E-state index < -0.39 is 0 Å². The van der Waals surface area contributed by atoms with Crippen LogP contribution in [0.3, 0.4) is 0 Å². The van der Waals surface area contributed by atoms with Crippen LogP contribution in [-0.2, 0) is 0 Å². The van der Waals surface area contributed by atoms with E-state index in [4.69, 9.17) is 26.4 Å². The Morgan fingerprint density at radius 1 is 0.806 bits per heavy atom. The van der Waals surface area contributed by atoms with Gasteiger partial charge in [0, 0.05) is 5.56 Å². The Hall–Kier alpha value is -4.32. The summed E-state index contributed by atoms with van der Waals surface area (Å²) >= 11 is 0. The first-order valence-corrected chi connectivity index (χ1v) is 9.68. The van der Waals surface area contributed by atoms with E-state index >= 15 is 0 Å². The molecule has 0 amide bonds. The van der Waals surface area contributed by atoms with Gasteiger partial charge in [0.1, 0.15) is 28.9 Å². The lowest BCUT2D eigenvalue weighted by atomic mass is 9.97. The molecule has 6 heteroatoms. The lowest BCUT2D eigenvalue weighted by molar-refractivity contribution is 0.415. The van der Waals surface area contributed by atoms with E-state index in [1.165, 1.54) is 0 Å². The number of nitrogens with two attached hydrogens (primary N) is 2. The highest BCUT2D eigenvalue weighted by molar-refractivity contribution is 6.06. The van der Waals surface area contributed by atoms with Crippen molar-refractivity contribution >= 4 is 11.7 Å². The van der Waals surface area contributed by atoms with Gasteiger partial charge >= 0.3 is 0 Å². The van der Waals surface area contributed by atoms with Gasteiger partial charge in [-0.05, 0) is 53.6 Å². The van der Waals surface area contributed by atoms with Crippen LogP contribution in [0.2, 0.25) is 0 Å². The molecule has 0 spiro atoms. The topological polar surface area (TPSA) is 107 Å². The van der Waals surface area contributed by atoms with Crippen LogP contribution in [0, 0.1) is 5.41 Å². The van der Waals surface area contributed by atoms with E-state index in [-0.39, 0.29) is 11.7 Å². The van der Waals surface area contributed by atoms with E-state index in [2.05, 4.69) is 4.98 Å². The molecule has 31 heavy (non-hydrogen) atoms. The van der Waals surface area contributed by atoms with Gasteiger partial charge in [-0.25, -0.2) is 4.98 Å². The number of nitrogen functional groups attached to an aromatic ring is 2. The Morgan fingerprint density at radius 3 is 2.16 bits per heavy atom. The zero-order chi connectivity index (χ0) is 21.8. The summed E-state index contributed by atoms with van der Waals surface area (Å²) in [6, 6.07) is 26.6. The number of rotatable bonds is 6. The van der Waals surface area contributed by atoms with Crippen LogP contribution in [0.5, 0.6) is 17.2 Å². The Morgan fingerprint density at radius 2 is 1.48 bits per heavy atom. The summed E-state index contributed by atoms with van der Waals surface area (Å²) in [4.78, 5) is 4.48. The highest BCUT2D eigenvalue weighted by atomic mass is 16.5. The summed E-state index contributed by atoms with van der Waals surface area (Å²) in [5.41, 5.74) is 15.6. The first-order chi connectivity index (χ1) is 15.0. The fourth-order valence-corrected chi connectivity index (χ4v) is 3.33. The van der Waals surface area contributed by atoms with Crippen LogP contribution >= 0.6 is 0 Å². The number of nitrogens with zero attached hydrogens (tertiary/aromatic N) is 1. The number of benzene rings is 3. The predicted octanol–water partition coefficient (Wildman–Crippen LogP) is 5.08. The van der Waals surface area contributed by atoms with Gasteiger partial charge in [0.25, 0.3) is 0 Å². The fourth-order valence-electron chi connectivity index (χ4n) is 3.33. The number of hydrogen-bond donors (Lipinski definition) is 3. The maximum Gasteiger partial charge on any atom is 0.135 e. The monoisotopic (exact) mass is 410 g/mol. The maximum absolute atomic E-state index is 8.01. The molecule has 0 aliphatic heterocycles. The number of hydrogen-bond acceptors (Lipinski definition) is 5. The van der Waals surface area contributed by atoms with E-state index in [0.29, 0.717) is 17.0 Å². The van der Waals surface area contributed by atoms with Gasteiger partial charge in [-0.15, -0.1) is 0 Å². The number of amidine groups is 1. The fraction of sp³-hybridized carbons (Fsp3) is 0.0400. The molecule has 0 aliphatic rings. The van der Waals surface area contributed by atoms with Crippen LogP contribution in [0.15, 0.2) is 84.9 Å². The smallest absolute Gasteiger partial charge is 0.135 e. The van der Waals surface area contributed by atoms with Gasteiger partial charge in [0.2, 0.25) is 0 Å². The molecule has 1 heterocycles. The SMILES string of the molecule is COc1cccc(-c2cc(-c3ccc(Oc4ccccc4)cc3)c(C(=N)N)c(N)n2)c1. The molecule has 5 N–H and O–H groups in total. The van der Waals surface area contributed by atoms with Gasteiger partial charge in [0.05, 0.1) is 18.4 Å². The van der Waals surface area contributed by atoms with Crippen molar-refractivity contribution in [3.63, 3.8) is 0 Å². The zero-order valence-electron chi connectivity index (χ0n) is 17.0. The molecule has 0 saturated carbocycles. The van der Waals surface area contributed by atoms with Crippen LogP contribution in [-0.4, -0.2) is 17.9 Å². The lowest BCUT2D eigenvalue weighted by Gasteiger charge is -2.14. The molecule has 0 atom stereocenters. The molecule has 0 unspecified atom stereocenters. The maximum atomic E-state index is 8.01. The van der Waals surface area contributed by atoms with E-state index in [1.54, 1.807) is 7.11 Å². The molecule has 4 aromatic rings. The lowest BCUT2D eigenvalue weighted by Crippen LogP contribution is -2.16. The third-order valence-electron chi connectivity index (χ3n) is 4.83. The molecule has 0 fully saturated rings. The molecule has 154 valence electrons. The number of anilines is 1. The quantitative estimate of drug-likeness (QED) is 0.303. The summed E-state index contributed by atoms with van der Waals surface area (Å²) in [5, 5.41) is 8.01. The Bertz CT molecular complexity index is 1220. The molecule has 0 aliphatic carbocycles. The van der Waals surface area contributed by atoms with Crippen LogP contribution in [0.25, 0.3) is 22.4 Å². The number of aromatic nitrogens is 1.